The molecule has 0 aromatic carbocycles. The van der Waals surface area contributed by atoms with Crippen LogP contribution in [0.5, 0.6) is 0 Å². The average Bonchev–Trinajstić information content (AvgIpc) is 2.83. The SMILES string of the molecule is CC(NC(=O)C1CCOC1)C1CCCNC1. The summed E-state index contributed by atoms with van der Waals surface area (Å²) in [6.07, 6.45) is 3.31. The summed E-state index contributed by atoms with van der Waals surface area (Å²) in [5, 5.41) is 6.52. The minimum absolute atomic E-state index is 0.0824. The number of ether oxygens (including phenoxy) is 1. The third-order valence-electron chi connectivity index (χ3n) is 3.71. The molecule has 2 heterocycles. The van der Waals surface area contributed by atoms with Crippen molar-refractivity contribution in [3.05, 3.63) is 0 Å². The molecule has 2 rings (SSSR count). The van der Waals surface area contributed by atoms with Crippen molar-refractivity contribution in [3.8, 4) is 0 Å². The number of nitrogens with one attached hydrogen (secondary N) is 2. The van der Waals surface area contributed by atoms with Crippen molar-refractivity contribution in [1.82, 2.24) is 10.6 Å². The molecule has 3 unspecified atom stereocenters. The number of rotatable bonds is 3. The number of piperidine rings is 1. The molecule has 2 fully saturated rings. The van der Waals surface area contributed by atoms with Crippen molar-refractivity contribution in [3.63, 3.8) is 0 Å². The van der Waals surface area contributed by atoms with Gasteiger partial charge in [-0.25, -0.2) is 0 Å². The van der Waals surface area contributed by atoms with E-state index in [0.29, 0.717) is 12.5 Å². The Balaban J connectivity index is 1.76. The van der Waals surface area contributed by atoms with Crippen LogP contribution in [0.1, 0.15) is 26.2 Å². The molecule has 1 amide bonds. The van der Waals surface area contributed by atoms with E-state index in [2.05, 4.69) is 17.6 Å². The van der Waals surface area contributed by atoms with Gasteiger partial charge in [0.05, 0.1) is 12.5 Å². The van der Waals surface area contributed by atoms with Crippen molar-refractivity contribution < 1.29 is 9.53 Å². The van der Waals surface area contributed by atoms with Gasteiger partial charge in [0.15, 0.2) is 0 Å². The summed E-state index contributed by atoms with van der Waals surface area (Å²) in [6, 6.07) is 0.279. The predicted octanol–water partition coefficient (Wildman–Crippen LogP) is 0.527. The van der Waals surface area contributed by atoms with Crippen molar-refractivity contribution >= 4 is 5.91 Å². The molecule has 2 aliphatic heterocycles. The summed E-state index contributed by atoms with van der Waals surface area (Å²) < 4.78 is 5.23. The molecular weight excluding hydrogens is 204 g/mol. The van der Waals surface area contributed by atoms with Crippen LogP contribution in [0.4, 0.5) is 0 Å². The van der Waals surface area contributed by atoms with Crippen LogP contribution in [0.3, 0.4) is 0 Å². The molecule has 16 heavy (non-hydrogen) atoms. The third kappa shape index (κ3) is 2.95. The molecule has 0 spiro atoms. The summed E-state index contributed by atoms with van der Waals surface area (Å²) in [5.74, 6) is 0.842. The number of amides is 1. The molecule has 2 N–H and O–H groups in total. The molecule has 2 saturated heterocycles. The van der Waals surface area contributed by atoms with Crippen LogP contribution in [-0.4, -0.2) is 38.3 Å². The Morgan fingerprint density at radius 3 is 3.00 bits per heavy atom. The molecule has 0 saturated carbocycles. The lowest BCUT2D eigenvalue weighted by Gasteiger charge is -2.29. The Labute approximate surface area is 97.1 Å². The fraction of sp³-hybridized carbons (Fsp3) is 0.917. The average molecular weight is 226 g/mol. The summed E-state index contributed by atoms with van der Waals surface area (Å²) in [5.41, 5.74) is 0. The first-order valence-electron chi connectivity index (χ1n) is 6.36. The van der Waals surface area contributed by atoms with Gasteiger partial charge in [-0.2, -0.15) is 0 Å². The maximum Gasteiger partial charge on any atom is 0.225 e. The van der Waals surface area contributed by atoms with E-state index in [0.717, 1.165) is 26.1 Å². The lowest BCUT2D eigenvalue weighted by molar-refractivity contribution is -0.126. The summed E-state index contributed by atoms with van der Waals surface area (Å²) >= 11 is 0. The van der Waals surface area contributed by atoms with Gasteiger partial charge in [-0.15, -0.1) is 0 Å². The predicted molar refractivity (Wildman–Crippen MR) is 62.1 cm³/mol. The molecule has 0 aromatic heterocycles. The largest absolute Gasteiger partial charge is 0.381 e. The number of carbonyl (C=O) groups excluding carboxylic acids is 1. The van der Waals surface area contributed by atoms with Gasteiger partial charge in [0, 0.05) is 12.6 Å². The van der Waals surface area contributed by atoms with E-state index in [1.807, 2.05) is 0 Å². The molecule has 0 aromatic rings. The lowest BCUT2D eigenvalue weighted by atomic mass is 9.92. The van der Waals surface area contributed by atoms with E-state index in [1.165, 1.54) is 12.8 Å². The van der Waals surface area contributed by atoms with Crippen LogP contribution >= 0.6 is 0 Å². The second-order valence-electron chi connectivity index (χ2n) is 4.96. The Hall–Kier alpha value is -0.610. The highest BCUT2D eigenvalue weighted by Crippen LogP contribution is 2.16. The van der Waals surface area contributed by atoms with Gasteiger partial charge < -0.3 is 15.4 Å². The van der Waals surface area contributed by atoms with Gasteiger partial charge in [0.1, 0.15) is 0 Å². The molecule has 0 aliphatic carbocycles. The number of hydrogen-bond acceptors (Lipinski definition) is 3. The smallest absolute Gasteiger partial charge is 0.225 e. The quantitative estimate of drug-likeness (QED) is 0.738. The zero-order valence-electron chi connectivity index (χ0n) is 10.00. The Morgan fingerprint density at radius 2 is 2.38 bits per heavy atom. The third-order valence-corrected chi connectivity index (χ3v) is 3.71. The van der Waals surface area contributed by atoms with Gasteiger partial charge >= 0.3 is 0 Å². The van der Waals surface area contributed by atoms with Crippen LogP contribution in [0.2, 0.25) is 0 Å². The van der Waals surface area contributed by atoms with Gasteiger partial charge in [-0.05, 0) is 45.2 Å². The molecule has 4 heteroatoms. The van der Waals surface area contributed by atoms with E-state index in [9.17, 15) is 4.79 Å². The fourth-order valence-electron chi connectivity index (χ4n) is 2.51. The maximum absolute atomic E-state index is 11.9. The minimum Gasteiger partial charge on any atom is -0.381 e. The van der Waals surface area contributed by atoms with E-state index in [1.54, 1.807) is 0 Å². The summed E-state index contributed by atoms with van der Waals surface area (Å²) in [7, 11) is 0. The van der Waals surface area contributed by atoms with Crippen LogP contribution in [0.25, 0.3) is 0 Å². The van der Waals surface area contributed by atoms with Gasteiger partial charge in [-0.3, -0.25) is 4.79 Å². The monoisotopic (exact) mass is 226 g/mol. The normalized spacial score (nSPS) is 32.3. The van der Waals surface area contributed by atoms with Crippen LogP contribution in [-0.2, 0) is 9.53 Å². The van der Waals surface area contributed by atoms with Gasteiger partial charge in [0.2, 0.25) is 5.91 Å². The molecule has 0 radical (unpaired) electrons. The topological polar surface area (TPSA) is 50.4 Å². The molecule has 92 valence electrons. The van der Waals surface area contributed by atoms with Crippen molar-refractivity contribution in [2.24, 2.45) is 11.8 Å². The zero-order valence-corrected chi connectivity index (χ0v) is 10.00. The van der Waals surface area contributed by atoms with Crippen molar-refractivity contribution in [1.29, 1.82) is 0 Å². The lowest BCUT2D eigenvalue weighted by Crippen LogP contribution is -2.46. The van der Waals surface area contributed by atoms with Crippen molar-refractivity contribution in [2.75, 3.05) is 26.3 Å². The van der Waals surface area contributed by atoms with E-state index >= 15 is 0 Å². The number of carbonyl (C=O) groups is 1. The van der Waals surface area contributed by atoms with E-state index in [-0.39, 0.29) is 17.9 Å². The molecule has 4 nitrogen and oxygen atoms in total. The van der Waals surface area contributed by atoms with Gasteiger partial charge in [-0.1, -0.05) is 0 Å². The Morgan fingerprint density at radius 1 is 1.50 bits per heavy atom. The minimum atomic E-state index is 0.0824. The zero-order chi connectivity index (χ0) is 11.4. The molecule has 2 aliphatic rings. The highest BCUT2D eigenvalue weighted by Gasteiger charge is 2.27. The maximum atomic E-state index is 11.9. The summed E-state index contributed by atoms with van der Waals surface area (Å²) in [6.45, 7) is 5.60. The van der Waals surface area contributed by atoms with Crippen LogP contribution < -0.4 is 10.6 Å². The van der Waals surface area contributed by atoms with Crippen molar-refractivity contribution in [2.45, 2.75) is 32.2 Å². The Bertz CT molecular complexity index is 233. The highest BCUT2D eigenvalue weighted by atomic mass is 16.5. The molecule has 3 atom stereocenters. The first-order chi connectivity index (χ1) is 7.77. The molecule has 0 bridgehead atoms. The second kappa shape index (κ2) is 5.64. The Kier molecular flexibility index (Phi) is 4.18. The molecular formula is C12H22N2O2. The van der Waals surface area contributed by atoms with Gasteiger partial charge in [0.25, 0.3) is 0 Å². The first kappa shape index (κ1) is 11.9. The van der Waals surface area contributed by atoms with E-state index in [4.69, 9.17) is 4.74 Å². The van der Waals surface area contributed by atoms with Crippen LogP contribution in [0.15, 0.2) is 0 Å². The van der Waals surface area contributed by atoms with E-state index < -0.39 is 0 Å². The standard InChI is InChI=1S/C12H22N2O2/c1-9(10-3-2-5-13-7-10)14-12(15)11-4-6-16-8-11/h9-11,13H,2-8H2,1H3,(H,14,15). The highest BCUT2D eigenvalue weighted by molar-refractivity contribution is 5.79. The second-order valence-corrected chi connectivity index (χ2v) is 4.96. The van der Waals surface area contributed by atoms with Crippen LogP contribution in [0, 0.1) is 11.8 Å². The number of hydrogen-bond donors (Lipinski definition) is 2. The summed E-state index contributed by atoms with van der Waals surface area (Å²) in [4.78, 5) is 11.9. The first-order valence-corrected chi connectivity index (χ1v) is 6.36. The fourth-order valence-corrected chi connectivity index (χ4v) is 2.51.